The highest BCUT2D eigenvalue weighted by Crippen LogP contribution is 2.23. The molecule has 12 heavy (non-hydrogen) atoms. The van der Waals surface area contributed by atoms with Gasteiger partial charge in [0.05, 0.1) is 9.95 Å². The van der Waals surface area contributed by atoms with E-state index in [1.165, 1.54) is 6.07 Å². The maximum absolute atomic E-state index is 10.2. The van der Waals surface area contributed by atoms with Crippen LogP contribution in [-0.2, 0) is 0 Å². The number of aromatic nitrogens is 1. The van der Waals surface area contributed by atoms with Crippen LogP contribution in [0.2, 0.25) is 5.02 Å². The molecule has 1 rings (SSSR count). The number of hydrogen-bond donors (Lipinski definition) is 1. The third kappa shape index (κ3) is 1.75. The molecule has 0 fully saturated rings. The van der Waals surface area contributed by atoms with Crippen LogP contribution >= 0.6 is 23.4 Å². The SMILES string of the molecule is O=[N+]([O-])c1cnc(NCl)c(Cl)c1. The zero-order chi connectivity index (χ0) is 9.14. The van der Waals surface area contributed by atoms with Crippen LogP contribution in [0.4, 0.5) is 11.5 Å². The topological polar surface area (TPSA) is 68.1 Å². The van der Waals surface area contributed by atoms with Crippen molar-refractivity contribution in [1.82, 2.24) is 4.98 Å². The van der Waals surface area contributed by atoms with Crippen molar-refractivity contribution in [2.45, 2.75) is 0 Å². The van der Waals surface area contributed by atoms with Gasteiger partial charge in [-0.05, 0) is 0 Å². The van der Waals surface area contributed by atoms with E-state index in [-0.39, 0.29) is 16.5 Å². The summed E-state index contributed by atoms with van der Waals surface area (Å²) in [5.74, 6) is 0.198. The Morgan fingerprint density at radius 3 is 2.75 bits per heavy atom. The van der Waals surface area contributed by atoms with Crippen molar-refractivity contribution in [1.29, 1.82) is 0 Å². The summed E-state index contributed by atoms with van der Waals surface area (Å²) in [5.41, 5.74) is -0.171. The normalized spacial score (nSPS) is 9.50. The Labute approximate surface area is 77.6 Å². The molecular weight excluding hydrogens is 205 g/mol. The highest BCUT2D eigenvalue weighted by atomic mass is 35.5. The van der Waals surface area contributed by atoms with E-state index in [0.29, 0.717) is 0 Å². The molecule has 0 unspecified atom stereocenters. The van der Waals surface area contributed by atoms with Crippen molar-refractivity contribution in [3.8, 4) is 0 Å². The fraction of sp³-hybridized carbons (Fsp3) is 0. The first-order valence-corrected chi connectivity index (χ1v) is 3.57. The number of rotatable bonds is 2. The van der Waals surface area contributed by atoms with Crippen molar-refractivity contribution in [3.63, 3.8) is 0 Å². The molecule has 0 aliphatic heterocycles. The fourth-order valence-corrected chi connectivity index (χ4v) is 1.00. The molecule has 5 nitrogen and oxygen atoms in total. The highest BCUT2D eigenvalue weighted by molar-refractivity contribution is 6.35. The molecule has 1 N–H and O–H groups in total. The van der Waals surface area contributed by atoms with Gasteiger partial charge in [0.25, 0.3) is 5.69 Å². The van der Waals surface area contributed by atoms with Crippen molar-refractivity contribution < 1.29 is 4.92 Å². The molecule has 0 bridgehead atoms. The van der Waals surface area contributed by atoms with Crippen LogP contribution in [0.5, 0.6) is 0 Å². The minimum absolute atomic E-state index is 0.110. The van der Waals surface area contributed by atoms with Crippen molar-refractivity contribution in [2.24, 2.45) is 0 Å². The quantitative estimate of drug-likeness (QED) is 0.459. The first kappa shape index (κ1) is 9.02. The summed E-state index contributed by atoms with van der Waals surface area (Å²) in [6.45, 7) is 0. The third-order valence-electron chi connectivity index (χ3n) is 1.13. The molecule has 0 aliphatic rings. The van der Waals surface area contributed by atoms with Gasteiger partial charge in [0.15, 0.2) is 5.82 Å². The Bertz CT molecular complexity index is 318. The van der Waals surface area contributed by atoms with Gasteiger partial charge < -0.3 is 0 Å². The van der Waals surface area contributed by atoms with Gasteiger partial charge in [-0.25, -0.2) is 4.98 Å². The first-order valence-electron chi connectivity index (χ1n) is 2.81. The molecule has 64 valence electrons. The maximum atomic E-state index is 10.2. The van der Waals surface area contributed by atoms with E-state index in [9.17, 15) is 10.1 Å². The molecule has 1 heterocycles. The number of pyridine rings is 1. The number of nitrogens with one attached hydrogen (secondary N) is 1. The van der Waals surface area contributed by atoms with Gasteiger partial charge in [-0.2, -0.15) is 0 Å². The Kier molecular flexibility index (Phi) is 2.67. The molecule has 1 aromatic rings. The van der Waals surface area contributed by atoms with Crippen molar-refractivity contribution in [2.75, 3.05) is 4.84 Å². The van der Waals surface area contributed by atoms with Crippen LogP contribution in [0.1, 0.15) is 0 Å². The predicted molar refractivity (Wildman–Crippen MR) is 45.4 cm³/mol. The molecule has 0 spiro atoms. The summed E-state index contributed by atoms with van der Waals surface area (Å²) in [6, 6.07) is 1.17. The molecule has 0 saturated heterocycles. The zero-order valence-corrected chi connectivity index (χ0v) is 7.13. The van der Waals surface area contributed by atoms with Crippen LogP contribution in [0.3, 0.4) is 0 Å². The van der Waals surface area contributed by atoms with E-state index in [1.54, 1.807) is 0 Å². The van der Waals surface area contributed by atoms with Crippen molar-refractivity contribution in [3.05, 3.63) is 27.4 Å². The van der Waals surface area contributed by atoms with Gasteiger partial charge in [0.2, 0.25) is 0 Å². The number of nitrogens with zero attached hydrogens (tertiary/aromatic N) is 2. The average Bonchev–Trinajstić information content (AvgIpc) is 2.04. The lowest BCUT2D eigenvalue weighted by Crippen LogP contribution is -1.92. The minimum Gasteiger partial charge on any atom is -0.281 e. The maximum Gasteiger partial charge on any atom is 0.289 e. The largest absolute Gasteiger partial charge is 0.289 e. The molecule has 0 amide bonds. The van der Waals surface area contributed by atoms with Gasteiger partial charge in [-0.1, -0.05) is 11.6 Å². The summed E-state index contributed by atoms with van der Waals surface area (Å²) in [6.07, 6.45) is 1.07. The first-order chi connectivity index (χ1) is 5.65. The number of anilines is 1. The number of halogens is 2. The van der Waals surface area contributed by atoms with E-state index in [1.807, 2.05) is 0 Å². The Morgan fingerprint density at radius 2 is 2.33 bits per heavy atom. The van der Waals surface area contributed by atoms with Crippen LogP contribution in [-0.4, -0.2) is 9.91 Å². The molecule has 0 saturated carbocycles. The lowest BCUT2D eigenvalue weighted by molar-refractivity contribution is -0.385. The Hall–Kier alpha value is -1.07. The highest BCUT2D eigenvalue weighted by Gasteiger charge is 2.09. The van der Waals surface area contributed by atoms with E-state index in [4.69, 9.17) is 23.4 Å². The second kappa shape index (κ2) is 3.55. The van der Waals surface area contributed by atoms with Crippen molar-refractivity contribution >= 4 is 34.9 Å². The van der Waals surface area contributed by atoms with E-state index < -0.39 is 4.92 Å². The second-order valence-corrected chi connectivity index (χ2v) is 2.47. The lowest BCUT2D eigenvalue weighted by Gasteiger charge is -1.97. The Morgan fingerprint density at radius 1 is 1.67 bits per heavy atom. The summed E-state index contributed by atoms with van der Waals surface area (Å²) < 4.78 is 0. The van der Waals surface area contributed by atoms with Crippen LogP contribution in [0.25, 0.3) is 0 Å². The molecule has 0 aliphatic carbocycles. The Balaban J connectivity index is 3.10. The van der Waals surface area contributed by atoms with E-state index >= 15 is 0 Å². The molecular formula is C5H3Cl2N3O2. The zero-order valence-electron chi connectivity index (χ0n) is 5.62. The van der Waals surface area contributed by atoms with E-state index in [0.717, 1.165) is 6.20 Å². The average molecular weight is 208 g/mol. The minimum atomic E-state index is -0.586. The monoisotopic (exact) mass is 207 g/mol. The third-order valence-corrected chi connectivity index (χ3v) is 1.59. The smallest absolute Gasteiger partial charge is 0.281 e. The van der Waals surface area contributed by atoms with Gasteiger partial charge >= 0.3 is 0 Å². The summed E-state index contributed by atoms with van der Waals surface area (Å²) in [4.78, 5) is 15.4. The number of hydrogen-bond acceptors (Lipinski definition) is 4. The van der Waals surface area contributed by atoms with Gasteiger partial charge in [0.1, 0.15) is 6.20 Å². The van der Waals surface area contributed by atoms with Crippen LogP contribution in [0.15, 0.2) is 12.3 Å². The molecule has 0 aromatic carbocycles. The molecule has 0 radical (unpaired) electrons. The van der Waals surface area contributed by atoms with E-state index in [2.05, 4.69) is 9.82 Å². The summed E-state index contributed by atoms with van der Waals surface area (Å²) >= 11 is 10.8. The van der Waals surface area contributed by atoms with Crippen LogP contribution in [0, 0.1) is 10.1 Å². The summed E-state index contributed by atoms with van der Waals surface area (Å²) in [5, 5.41) is 10.3. The fourth-order valence-electron chi connectivity index (χ4n) is 0.597. The molecule has 1 aromatic heterocycles. The van der Waals surface area contributed by atoms with Crippen LogP contribution < -0.4 is 4.84 Å². The lowest BCUT2D eigenvalue weighted by atomic mass is 10.4. The number of nitro groups is 1. The van der Waals surface area contributed by atoms with Gasteiger partial charge in [-0.15, -0.1) is 0 Å². The molecule has 7 heteroatoms. The predicted octanol–water partition coefficient (Wildman–Crippen LogP) is 2.21. The van der Waals surface area contributed by atoms with Gasteiger partial charge in [-0.3, -0.25) is 15.0 Å². The summed E-state index contributed by atoms with van der Waals surface area (Å²) in [7, 11) is 0. The standard InChI is InChI=1S/C5H3Cl2N3O2/c6-4-1-3(10(11)12)2-8-5(4)9-7/h1-2H,(H,8,9). The second-order valence-electron chi connectivity index (χ2n) is 1.88. The molecule has 0 atom stereocenters. The van der Waals surface area contributed by atoms with Gasteiger partial charge in [0, 0.05) is 17.8 Å².